The van der Waals surface area contributed by atoms with Gasteiger partial charge < -0.3 is 19.5 Å². The van der Waals surface area contributed by atoms with E-state index in [0.717, 1.165) is 31.2 Å². The third-order valence-electron chi connectivity index (χ3n) is 12.2. The molecule has 2 N–H and O–H groups in total. The summed E-state index contributed by atoms with van der Waals surface area (Å²) in [4.78, 5) is 33.1. The van der Waals surface area contributed by atoms with Crippen molar-refractivity contribution in [2.24, 2.45) is 29.6 Å². The number of carboxylic acid groups (broad SMARTS) is 1. The Hall–Kier alpha value is -2.74. The molecule has 1 aromatic rings. The van der Waals surface area contributed by atoms with E-state index in [4.69, 9.17) is 14.5 Å². The number of rotatable bonds is 9. The van der Waals surface area contributed by atoms with Crippen LogP contribution in [0.15, 0.2) is 12.1 Å². The highest BCUT2D eigenvalue weighted by Gasteiger charge is 2.48. The van der Waals surface area contributed by atoms with Crippen molar-refractivity contribution in [3.63, 3.8) is 0 Å². The molecule has 10 atom stereocenters. The predicted octanol–water partition coefficient (Wildman–Crippen LogP) is 6.95. The first-order chi connectivity index (χ1) is 23.1. The van der Waals surface area contributed by atoms with Crippen LogP contribution in [0.3, 0.4) is 0 Å². The van der Waals surface area contributed by atoms with Crippen molar-refractivity contribution in [2.75, 3.05) is 25.1 Å². The number of aromatic nitrogens is 1. The fourth-order valence-corrected chi connectivity index (χ4v) is 9.71. The molecule has 2 saturated heterocycles. The molecule has 6 rings (SSSR count). The molecule has 3 saturated carbocycles. The first kappa shape index (κ1) is 36.1. The van der Waals surface area contributed by atoms with E-state index in [2.05, 4.69) is 6.92 Å². The third-order valence-corrected chi connectivity index (χ3v) is 12.2. The maximum atomic E-state index is 13.9. The van der Waals surface area contributed by atoms with Gasteiger partial charge in [0.05, 0.1) is 43.4 Å². The van der Waals surface area contributed by atoms with Crippen molar-refractivity contribution < 1.29 is 46.1 Å². The van der Waals surface area contributed by atoms with Crippen LogP contribution in [-0.4, -0.2) is 83.8 Å². The molecule has 1 aromatic heterocycles. The summed E-state index contributed by atoms with van der Waals surface area (Å²) >= 11 is 0. The first-order valence-electron chi connectivity index (χ1n) is 17.8. The number of aliphatic carboxylic acids is 1. The van der Waals surface area contributed by atoms with Gasteiger partial charge >= 0.3 is 18.4 Å². The Balaban J connectivity index is 1.24. The molecule has 5 aliphatic rings. The Labute approximate surface area is 284 Å². The molecule has 14 heteroatoms. The standard InChI is InChI=1S/C35H49F5N4O5/c1-19-13-23(32(45)46)7-9-25(19)21-8-11-29(48-3)27(15-21)26-10-12-30(43-17-34(36,37)18-43)41-28(26)16-44-20(2)31(49-33(44)47)22-5-4-6-24(14-22)42-35(38,39)40/h10,12,19-25,27,29,31,42H,4-9,11,13-18H2,1-3H3,(H,45,46). The monoisotopic (exact) mass is 700 g/mol. The summed E-state index contributed by atoms with van der Waals surface area (Å²) in [5.74, 6) is -2.81. The van der Waals surface area contributed by atoms with E-state index in [1.54, 1.807) is 23.4 Å². The lowest BCUT2D eigenvalue weighted by atomic mass is 9.63. The minimum absolute atomic E-state index is 0.0680. The number of nitrogens with zero attached hydrogens (tertiary/aromatic N) is 3. The Morgan fingerprint density at radius 2 is 1.82 bits per heavy atom. The fraction of sp³-hybridized carbons (Fsp3) is 0.800. The van der Waals surface area contributed by atoms with Gasteiger partial charge in [-0.05, 0) is 100 Å². The van der Waals surface area contributed by atoms with Crippen molar-refractivity contribution in [1.29, 1.82) is 0 Å². The second-order valence-corrected chi connectivity index (χ2v) is 15.3. The second kappa shape index (κ2) is 14.1. The summed E-state index contributed by atoms with van der Waals surface area (Å²) in [7, 11) is 1.68. The van der Waals surface area contributed by atoms with Crippen LogP contribution in [0.1, 0.15) is 95.2 Å². The number of hydrogen-bond donors (Lipinski definition) is 2. The van der Waals surface area contributed by atoms with Gasteiger partial charge in [-0.2, -0.15) is 13.2 Å². The summed E-state index contributed by atoms with van der Waals surface area (Å²) in [6, 6.07) is 2.51. The Morgan fingerprint density at radius 1 is 1.06 bits per heavy atom. The molecule has 49 heavy (non-hydrogen) atoms. The van der Waals surface area contributed by atoms with Crippen LogP contribution >= 0.6 is 0 Å². The van der Waals surface area contributed by atoms with Gasteiger partial charge in [-0.25, -0.2) is 23.9 Å². The van der Waals surface area contributed by atoms with Crippen LogP contribution in [-0.2, 0) is 20.8 Å². The average Bonchev–Trinajstić information content (AvgIpc) is 3.31. The lowest BCUT2D eigenvalue weighted by Gasteiger charge is -2.44. The van der Waals surface area contributed by atoms with Crippen molar-refractivity contribution in [1.82, 2.24) is 15.2 Å². The number of halogens is 5. The first-order valence-corrected chi connectivity index (χ1v) is 17.8. The average molecular weight is 701 g/mol. The number of cyclic esters (lactones) is 1. The van der Waals surface area contributed by atoms with Gasteiger partial charge in [0, 0.05) is 19.1 Å². The smallest absolute Gasteiger partial charge is 0.457 e. The molecule has 10 unspecified atom stereocenters. The zero-order chi connectivity index (χ0) is 35.2. The molecule has 5 fully saturated rings. The molecule has 9 nitrogen and oxygen atoms in total. The lowest BCUT2D eigenvalue weighted by molar-refractivity contribution is -0.167. The van der Waals surface area contributed by atoms with E-state index in [1.165, 1.54) is 4.90 Å². The number of methoxy groups -OCH3 is 1. The molecular formula is C35H49F5N4O5. The zero-order valence-corrected chi connectivity index (χ0v) is 28.4. The quantitative estimate of drug-likeness (QED) is 0.211. The summed E-state index contributed by atoms with van der Waals surface area (Å²) in [6.45, 7) is 3.17. The molecule has 0 spiro atoms. The van der Waals surface area contributed by atoms with E-state index in [-0.39, 0.29) is 42.7 Å². The predicted molar refractivity (Wildman–Crippen MR) is 170 cm³/mol. The van der Waals surface area contributed by atoms with Gasteiger partial charge in [0.2, 0.25) is 0 Å². The summed E-state index contributed by atoms with van der Waals surface area (Å²) < 4.78 is 78.9. The van der Waals surface area contributed by atoms with Crippen molar-refractivity contribution in [3.8, 4) is 0 Å². The van der Waals surface area contributed by atoms with Gasteiger partial charge in [0.25, 0.3) is 5.92 Å². The van der Waals surface area contributed by atoms with Crippen LogP contribution in [0.4, 0.5) is 32.6 Å². The minimum Gasteiger partial charge on any atom is -0.481 e. The number of ether oxygens (including phenoxy) is 2. The SMILES string of the molecule is COC1CCC(C2CCC(C(=O)O)CC2C)CC1c1ccc(N2CC(F)(F)C2)nc1CN1C(=O)OC(C2CCCC(NC(F)(F)F)C2)C1C. The number of hydrogen-bond acceptors (Lipinski definition) is 7. The van der Waals surface area contributed by atoms with Crippen molar-refractivity contribution in [2.45, 2.75) is 127 Å². The molecule has 1 amide bonds. The number of nitrogens with one attached hydrogen (secondary N) is 1. The summed E-state index contributed by atoms with van der Waals surface area (Å²) in [5.41, 5.74) is 1.46. The van der Waals surface area contributed by atoms with Crippen molar-refractivity contribution in [3.05, 3.63) is 23.4 Å². The highest BCUT2D eigenvalue weighted by atomic mass is 19.4. The van der Waals surface area contributed by atoms with Crippen molar-refractivity contribution >= 4 is 17.9 Å². The summed E-state index contributed by atoms with van der Waals surface area (Å²) in [6.07, 6.45) is 0.818. The molecule has 3 heterocycles. The number of carbonyl (C=O) groups excluding carboxylic acids is 1. The van der Waals surface area contributed by atoms with E-state index in [0.29, 0.717) is 55.5 Å². The number of pyridine rings is 1. The van der Waals surface area contributed by atoms with Crippen LogP contribution < -0.4 is 10.2 Å². The number of amides is 1. The third kappa shape index (κ3) is 7.94. The van der Waals surface area contributed by atoms with Crippen LogP contribution in [0.25, 0.3) is 0 Å². The Morgan fingerprint density at radius 3 is 2.47 bits per heavy atom. The van der Waals surface area contributed by atoms with Crippen LogP contribution in [0.2, 0.25) is 0 Å². The maximum absolute atomic E-state index is 13.9. The molecule has 0 radical (unpaired) electrons. The zero-order valence-electron chi connectivity index (χ0n) is 28.4. The highest BCUT2D eigenvalue weighted by Crippen LogP contribution is 2.48. The summed E-state index contributed by atoms with van der Waals surface area (Å²) in [5, 5.41) is 11.4. The number of anilines is 1. The normalized spacial score (nSPS) is 36.7. The Bertz CT molecular complexity index is 1360. The van der Waals surface area contributed by atoms with E-state index in [9.17, 15) is 36.6 Å². The van der Waals surface area contributed by atoms with Gasteiger partial charge in [-0.3, -0.25) is 9.69 Å². The molecular weight excluding hydrogens is 651 g/mol. The largest absolute Gasteiger partial charge is 0.481 e. The van der Waals surface area contributed by atoms with Gasteiger partial charge in [0.15, 0.2) is 0 Å². The second-order valence-electron chi connectivity index (χ2n) is 15.3. The molecule has 3 aliphatic carbocycles. The van der Waals surface area contributed by atoms with Gasteiger partial charge in [-0.1, -0.05) is 19.4 Å². The van der Waals surface area contributed by atoms with Gasteiger partial charge in [0.1, 0.15) is 11.9 Å². The van der Waals surface area contributed by atoms with E-state index >= 15 is 0 Å². The van der Waals surface area contributed by atoms with E-state index in [1.807, 2.05) is 13.0 Å². The lowest BCUT2D eigenvalue weighted by Crippen LogP contribution is -2.56. The molecule has 0 aromatic carbocycles. The molecule has 274 valence electrons. The topological polar surface area (TPSA) is 104 Å². The minimum atomic E-state index is -4.49. The van der Waals surface area contributed by atoms with Crippen LogP contribution in [0, 0.1) is 29.6 Å². The fourth-order valence-electron chi connectivity index (χ4n) is 9.71. The highest BCUT2D eigenvalue weighted by molar-refractivity contribution is 5.71. The Kier molecular flexibility index (Phi) is 10.4. The number of alkyl halides is 5. The maximum Gasteiger partial charge on any atom is 0.457 e. The van der Waals surface area contributed by atoms with E-state index < -0.39 is 55.6 Å². The number of carboxylic acids is 1. The molecule has 2 aliphatic heterocycles. The molecule has 0 bridgehead atoms. The van der Waals surface area contributed by atoms with Crippen LogP contribution in [0.5, 0.6) is 0 Å². The number of carbonyl (C=O) groups is 2. The van der Waals surface area contributed by atoms with Gasteiger partial charge in [-0.15, -0.1) is 0 Å².